The van der Waals surface area contributed by atoms with Gasteiger partial charge in [-0.1, -0.05) is 0 Å². The lowest BCUT2D eigenvalue weighted by Gasteiger charge is -2.26. The monoisotopic (exact) mass is 316 g/mol. The number of rotatable bonds is 2. The van der Waals surface area contributed by atoms with E-state index in [1.165, 1.54) is 37.2 Å². The van der Waals surface area contributed by atoms with Crippen molar-refractivity contribution in [2.45, 2.75) is 30.2 Å². The van der Waals surface area contributed by atoms with Crippen LogP contribution in [0.4, 0.5) is 10.8 Å². The second kappa shape index (κ2) is 5.16. The highest BCUT2D eigenvalue weighted by molar-refractivity contribution is 7.91. The predicted molar refractivity (Wildman–Crippen MR) is 81.1 cm³/mol. The van der Waals surface area contributed by atoms with Crippen molar-refractivity contribution in [1.82, 2.24) is 9.27 Å². The summed E-state index contributed by atoms with van der Waals surface area (Å²) in [4.78, 5) is 4.90. The highest BCUT2D eigenvalue weighted by Crippen LogP contribution is 2.36. The Morgan fingerprint density at radius 2 is 2.05 bits per heavy atom. The SMILES string of the molecule is CS(=O)(=O)c1c(N)nsc1N1CCCN2CCCC2C1. The normalized spacial score (nSPS) is 24.6. The van der Waals surface area contributed by atoms with Crippen molar-refractivity contribution in [2.75, 3.05) is 43.1 Å². The molecule has 0 bridgehead atoms. The Morgan fingerprint density at radius 3 is 2.80 bits per heavy atom. The molecule has 1 unspecified atom stereocenters. The molecule has 3 heterocycles. The van der Waals surface area contributed by atoms with E-state index in [1.807, 2.05) is 0 Å². The third-order valence-electron chi connectivity index (χ3n) is 4.12. The molecule has 112 valence electrons. The Bertz CT molecular complexity index is 599. The molecule has 1 aromatic rings. The molecule has 0 amide bonds. The van der Waals surface area contributed by atoms with Gasteiger partial charge in [-0.3, -0.25) is 4.90 Å². The fourth-order valence-electron chi connectivity index (χ4n) is 3.23. The number of hydrogen-bond acceptors (Lipinski definition) is 7. The first-order valence-corrected chi connectivity index (χ1v) is 9.57. The van der Waals surface area contributed by atoms with Gasteiger partial charge >= 0.3 is 0 Å². The van der Waals surface area contributed by atoms with Crippen LogP contribution in [0.1, 0.15) is 19.3 Å². The zero-order chi connectivity index (χ0) is 14.3. The number of nitrogens with zero attached hydrogens (tertiary/aromatic N) is 3. The average Bonchev–Trinajstić information content (AvgIpc) is 2.90. The van der Waals surface area contributed by atoms with Gasteiger partial charge in [0.15, 0.2) is 15.7 Å². The van der Waals surface area contributed by atoms with Gasteiger partial charge in [-0.15, -0.1) is 0 Å². The van der Waals surface area contributed by atoms with Gasteiger partial charge in [-0.2, -0.15) is 4.37 Å². The Balaban J connectivity index is 1.93. The summed E-state index contributed by atoms with van der Waals surface area (Å²) in [5.74, 6) is 0.139. The quantitative estimate of drug-likeness (QED) is 0.869. The fourth-order valence-corrected chi connectivity index (χ4v) is 5.47. The number of aromatic nitrogens is 1. The maximum Gasteiger partial charge on any atom is 0.182 e. The molecule has 2 fully saturated rings. The standard InChI is InChI=1S/C12H20N4O2S2/c1-20(17,18)10-11(13)14-19-12(10)16-7-3-6-15-5-2-4-9(15)8-16/h9H,2-8H2,1H3,(H2,13,14). The molecule has 2 saturated heterocycles. The fraction of sp³-hybridized carbons (Fsp3) is 0.750. The van der Waals surface area contributed by atoms with E-state index in [0.29, 0.717) is 6.04 Å². The topological polar surface area (TPSA) is 79.5 Å². The Kier molecular flexibility index (Phi) is 3.64. The minimum Gasteiger partial charge on any atom is -0.382 e. The van der Waals surface area contributed by atoms with Gasteiger partial charge in [-0.05, 0) is 37.3 Å². The van der Waals surface area contributed by atoms with Crippen LogP contribution >= 0.6 is 11.5 Å². The van der Waals surface area contributed by atoms with Crippen molar-refractivity contribution in [3.05, 3.63) is 0 Å². The molecule has 1 atom stereocenters. The van der Waals surface area contributed by atoms with Crippen molar-refractivity contribution >= 4 is 32.2 Å². The van der Waals surface area contributed by atoms with Gasteiger partial charge in [0.1, 0.15) is 9.90 Å². The van der Waals surface area contributed by atoms with E-state index in [0.717, 1.165) is 31.1 Å². The van der Waals surface area contributed by atoms with E-state index < -0.39 is 9.84 Å². The van der Waals surface area contributed by atoms with Crippen LogP contribution in [0.15, 0.2) is 4.90 Å². The first-order valence-electron chi connectivity index (χ1n) is 6.91. The first-order chi connectivity index (χ1) is 9.47. The molecule has 2 aliphatic rings. The Morgan fingerprint density at radius 1 is 1.30 bits per heavy atom. The average molecular weight is 316 g/mol. The zero-order valence-corrected chi connectivity index (χ0v) is 13.2. The number of fused-ring (bicyclic) bond motifs is 1. The van der Waals surface area contributed by atoms with E-state index in [4.69, 9.17) is 5.73 Å². The summed E-state index contributed by atoms with van der Waals surface area (Å²) in [6, 6.07) is 0.535. The van der Waals surface area contributed by atoms with Gasteiger partial charge in [-0.25, -0.2) is 8.42 Å². The second-order valence-electron chi connectivity index (χ2n) is 5.61. The largest absolute Gasteiger partial charge is 0.382 e. The summed E-state index contributed by atoms with van der Waals surface area (Å²) in [5, 5.41) is 0.721. The molecule has 3 rings (SSSR count). The number of nitrogens with two attached hydrogens (primary N) is 1. The molecule has 2 N–H and O–H groups in total. The smallest absolute Gasteiger partial charge is 0.182 e. The lowest BCUT2D eigenvalue weighted by atomic mass is 10.2. The van der Waals surface area contributed by atoms with Crippen LogP contribution in [0, 0.1) is 0 Å². The first kappa shape index (κ1) is 14.1. The molecule has 1 aromatic heterocycles. The van der Waals surface area contributed by atoms with Crippen molar-refractivity contribution < 1.29 is 8.42 Å². The van der Waals surface area contributed by atoms with Crippen molar-refractivity contribution in [1.29, 1.82) is 0 Å². The lowest BCUT2D eigenvalue weighted by molar-refractivity contribution is 0.273. The predicted octanol–water partition coefficient (Wildman–Crippen LogP) is 0.803. The van der Waals surface area contributed by atoms with Crippen LogP contribution in [0.5, 0.6) is 0 Å². The van der Waals surface area contributed by atoms with Crippen LogP contribution in [-0.2, 0) is 9.84 Å². The van der Waals surface area contributed by atoms with Crippen LogP contribution < -0.4 is 10.6 Å². The summed E-state index contributed by atoms with van der Waals surface area (Å²) in [6.07, 6.45) is 4.69. The van der Waals surface area contributed by atoms with E-state index in [9.17, 15) is 8.42 Å². The molecule has 20 heavy (non-hydrogen) atoms. The second-order valence-corrected chi connectivity index (χ2v) is 8.31. The molecule has 0 aromatic carbocycles. The maximum absolute atomic E-state index is 11.9. The Hall–Kier alpha value is -0.860. The molecule has 6 nitrogen and oxygen atoms in total. The summed E-state index contributed by atoms with van der Waals surface area (Å²) in [6.45, 7) is 4.02. The molecule has 8 heteroatoms. The molecule has 2 aliphatic heterocycles. The number of sulfone groups is 1. The van der Waals surface area contributed by atoms with Crippen molar-refractivity contribution in [3.8, 4) is 0 Å². The van der Waals surface area contributed by atoms with Crippen molar-refractivity contribution in [2.24, 2.45) is 0 Å². The summed E-state index contributed by atoms with van der Waals surface area (Å²) < 4.78 is 27.9. The van der Waals surface area contributed by atoms with E-state index in [1.54, 1.807) is 0 Å². The highest BCUT2D eigenvalue weighted by atomic mass is 32.2. The molecule has 0 spiro atoms. The highest BCUT2D eigenvalue weighted by Gasteiger charge is 2.32. The van der Waals surface area contributed by atoms with Crippen LogP contribution in [-0.4, -0.2) is 56.2 Å². The van der Waals surface area contributed by atoms with Crippen LogP contribution in [0.3, 0.4) is 0 Å². The van der Waals surface area contributed by atoms with Crippen LogP contribution in [0.2, 0.25) is 0 Å². The summed E-state index contributed by atoms with van der Waals surface area (Å²) in [7, 11) is -3.34. The van der Waals surface area contributed by atoms with Crippen molar-refractivity contribution in [3.63, 3.8) is 0 Å². The molecule has 0 radical (unpaired) electrons. The van der Waals surface area contributed by atoms with Gasteiger partial charge < -0.3 is 10.6 Å². The van der Waals surface area contributed by atoms with Crippen LogP contribution in [0.25, 0.3) is 0 Å². The van der Waals surface area contributed by atoms with Gasteiger partial charge in [0.25, 0.3) is 0 Å². The summed E-state index contributed by atoms with van der Waals surface area (Å²) in [5.41, 5.74) is 5.76. The third kappa shape index (κ3) is 2.51. The minimum absolute atomic E-state index is 0.139. The lowest BCUT2D eigenvalue weighted by Crippen LogP contribution is -2.36. The van der Waals surface area contributed by atoms with Gasteiger partial charge in [0.05, 0.1) is 0 Å². The maximum atomic E-state index is 11.9. The summed E-state index contributed by atoms with van der Waals surface area (Å²) >= 11 is 1.21. The molecule has 0 saturated carbocycles. The molecule has 0 aliphatic carbocycles. The van der Waals surface area contributed by atoms with E-state index >= 15 is 0 Å². The third-order valence-corrected chi connectivity index (χ3v) is 6.32. The van der Waals surface area contributed by atoms with E-state index in [-0.39, 0.29) is 10.7 Å². The van der Waals surface area contributed by atoms with E-state index in [2.05, 4.69) is 14.2 Å². The Labute approximate surface area is 123 Å². The number of anilines is 2. The molecular formula is C12H20N4O2S2. The number of nitrogen functional groups attached to an aromatic ring is 1. The van der Waals surface area contributed by atoms with Gasteiger partial charge in [0, 0.05) is 31.9 Å². The van der Waals surface area contributed by atoms with Gasteiger partial charge in [0.2, 0.25) is 0 Å². The molecular weight excluding hydrogens is 296 g/mol. The zero-order valence-electron chi connectivity index (χ0n) is 11.6. The number of hydrogen-bond donors (Lipinski definition) is 1. The minimum atomic E-state index is -3.34.